The SMILES string of the molecule is Cc1cccc(NCC2CCCCC2C)c1[N+](=O)[O-]. The van der Waals surface area contributed by atoms with Crippen LogP contribution >= 0.6 is 0 Å². The van der Waals surface area contributed by atoms with Crippen LogP contribution in [0.4, 0.5) is 11.4 Å². The summed E-state index contributed by atoms with van der Waals surface area (Å²) in [5.74, 6) is 1.35. The Bertz CT molecular complexity index is 459. The fraction of sp³-hybridized carbons (Fsp3) is 0.600. The molecule has 0 spiro atoms. The lowest BCUT2D eigenvalue weighted by Gasteiger charge is -2.29. The van der Waals surface area contributed by atoms with Gasteiger partial charge in [-0.2, -0.15) is 0 Å². The van der Waals surface area contributed by atoms with Gasteiger partial charge in [0.1, 0.15) is 5.69 Å². The van der Waals surface area contributed by atoms with Crippen LogP contribution in [-0.2, 0) is 0 Å². The summed E-state index contributed by atoms with van der Waals surface area (Å²) in [6, 6.07) is 5.46. The second-order valence-corrected chi connectivity index (χ2v) is 5.63. The molecule has 1 fully saturated rings. The van der Waals surface area contributed by atoms with Crippen molar-refractivity contribution in [1.29, 1.82) is 0 Å². The second kappa shape index (κ2) is 6.04. The summed E-state index contributed by atoms with van der Waals surface area (Å²) >= 11 is 0. The van der Waals surface area contributed by atoms with Gasteiger partial charge in [-0.3, -0.25) is 10.1 Å². The van der Waals surface area contributed by atoms with Gasteiger partial charge in [0.15, 0.2) is 0 Å². The summed E-state index contributed by atoms with van der Waals surface area (Å²) in [6.45, 7) is 4.91. The Morgan fingerprint density at radius 2 is 2.11 bits per heavy atom. The molecule has 104 valence electrons. The molecule has 1 N–H and O–H groups in total. The van der Waals surface area contributed by atoms with Crippen molar-refractivity contribution in [3.63, 3.8) is 0 Å². The van der Waals surface area contributed by atoms with E-state index in [9.17, 15) is 10.1 Å². The monoisotopic (exact) mass is 262 g/mol. The predicted molar refractivity (Wildman–Crippen MR) is 77.4 cm³/mol. The Hall–Kier alpha value is -1.58. The molecule has 2 unspecified atom stereocenters. The first-order chi connectivity index (χ1) is 9.09. The summed E-state index contributed by atoms with van der Waals surface area (Å²) in [6.07, 6.45) is 5.12. The average Bonchev–Trinajstić information content (AvgIpc) is 2.37. The highest BCUT2D eigenvalue weighted by atomic mass is 16.6. The van der Waals surface area contributed by atoms with Gasteiger partial charge in [0.2, 0.25) is 0 Å². The van der Waals surface area contributed by atoms with Crippen molar-refractivity contribution in [3.05, 3.63) is 33.9 Å². The van der Waals surface area contributed by atoms with Crippen LogP contribution in [0.1, 0.15) is 38.2 Å². The number of hydrogen-bond acceptors (Lipinski definition) is 3. The molecule has 0 aromatic heterocycles. The van der Waals surface area contributed by atoms with Gasteiger partial charge < -0.3 is 5.32 Å². The number of nitrogens with one attached hydrogen (secondary N) is 1. The van der Waals surface area contributed by atoms with Crippen molar-refractivity contribution in [3.8, 4) is 0 Å². The molecule has 0 aliphatic heterocycles. The van der Waals surface area contributed by atoms with Crippen molar-refractivity contribution in [1.82, 2.24) is 0 Å². The van der Waals surface area contributed by atoms with E-state index in [0.717, 1.165) is 6.54 Å². The van der Waals surface area contributed by atoms with E-state index >= 15 is 0 Å². The smallest absolute Gasteiger partial charge is 0.295 e. The normalized spacial score (nSPS) is 23.1. The van der Waals surface area contributed by atoms with Gasteiger partial charge in [-0.05, 0) is 31.2 Å². The van der Waals surface area contributed by atoms with Crippen LogP contribution in [0.25, 0.3) is 0 Å². The third kappa shape index (κ3) is 3.25. The number of nitro benzene ring substituents is 1. The summed E-state index contributed by atoms with van der Waals surface area (Å²) in [4.78, 5) is 10.8. The van der Waals surface area contributed by atoms with E-state index in [-0.39, 0.29) is 10.6 Å². The van der Waals surface area contributed by atoms with E-state index in [1.165, 1.54) is 25.7 Å². The Morgan fingerprint density at radius 1 is 1.37 bits per heavy atom. The van der Waals surface area contributed by atoms with Crippen LogP contribution in [0, 0.1) is 28.9 Å². The zero-order valence-electron chi connectivity index (χ0n) is 11.7. The number of benzene rings is 1. The molecular formula is C15H22N2O2. The van der Waals surface area contributed by atoms with Crippen molar-refractivity contribution >= 4 is 11.4 Å². The maximum atomic E-state index is 11.1. The van der Waals surface area contributed by atoms with Crippen LogP contribution in [0.15, 0.2) is 18.2 Å². The first-order valence-corrected chi connectivity index (χ1v) is 7.07. The first-order valence-electron chi connectivity index (χ1n) is 7.07. The fourth-order valence-corrected chi connectivity index (χ4v) is 2.98. The zero-order chi connectivity index (χ0) is 13.8. The van der Waals surface area contributed by atoms with Crippen LogP contribution in [0.5, 0.6) is 0 Å². The topological polar surface area (TPSA) is 55.2 Å². The molecule has 1 aliphatic rings. The van der Waals surface area contributed by atoms with E-state index in [1.807, 2.05) is 6.07 Å². The standard InChI is InChI=1S/C15H22N2O2/c1-11-6-3-4-8-13(11)10-16-14-9-5-7-12(2)15(14)17(18)19/h5,7,9,11,13,16H,3-4,6,8,10H2,1-2H3. The maximum absolute atomic E-state index is 11.1. The molecule has 1 aliphatic carbocycles. The Balaban J connectivity index is 2.07. The largest absolute Gasteiger partial charge is 0.379 e. The molecule has 2 atom stereocenters. The molecule has 19 heavy (non-hydrogen) atoms. The molecule has 4 nitrogen and oxygen atoms in total. The number of rotatable bonds is 4. The molecule has 0 saturated heterocycles. The summed E-state index contributed by atoms with van der Waals surface area (Å²) < 4.78 is 0. The van der Waals surface area contributed by atoms with Crippen molar-refractivity contribution in [2.45, 2.75) is 39.5 Å². The molecule has 1 aromatic rings. The molecule has 1 aromatic carbocycles. The lowest BCUT2D eigenvalue weighted by atomic mass is 9.80. The summed E-state index contributed by atoms with van der Waals surface area (Å²) in [5.41, 5.74) is 1.58. The van der Waals surface area contributed by atoms with E-state index in [0.29, 0.717) is 23.1 Å². The minimum Gasteiger partial charge on any atom is -0.379 e. The van der Waals surface area contributed by atoms with Crippen LogP contribution in [0.2, 0.25) is 0 Å². The minimum absolute atomic E-state index is 0.214. The Morgan fingerprint density at radius 3 is 2.79 bits per heavy atom. The van der Waals surface area contributed by atoms with Gasteiger partial charge in [-0.1, -0.05) is 38.3 Å². The van der Waals surface area contributed by atoms with E-state index < -0.39 is 0 Å². The third-order valence-corrected chi connectivity index (χ3v) is 4.26. The average molecular weight is 262 g/mol. The Kier molecular flexibility index (Phi) is 4.40. The highest BCUT2D eigenvalue weighted by molar-refractivity contribution is 5.64. The molecule has 1 saturated carbocycles. The van der Waals surface area contributed by atoms with Gasteiger partial charge >= 0.3 is 0 Å². The van der Waals surface area contributed by atoms with Crippen molar-refractivity contribution in [2.24, 2.45) is 11.8 Å². The highest BCUT2D eigenvalue weighted by Gasteiger charge is 2.22. The Labute approximate surface area is 114 Å². The molecule has 0 bridgehead atoms. The molecule has 4 heteroatoms. The second-order valence-electron chi connectivity index (χ2n) is 5.63. The van der Waals surface area contributed by atoms with Crippen molar-refractivity contribution < 1.29 is 4.92 Å². The van der Waals surface area contributed by atoms with E-state index in [4.69, 9.17) is 0 Å². The maximum Gasteiger partial charge on any atom is 0.295 e. The van der Waals surface area contributed by atoms with Gasteiger partial charge in [-0.25, -0.2) is 0 Å². The first kappa shape index (κ1) is 13.8. The van der Waals surface area contributed by atoms with Gasteiger partial charge in [0, 0.05) is 12.1 Å². The van der Waals surface area contributed by atoms with Crippen LogP contribution in [-0.4, -0.2) is 11.5 Å². The highest BCUT2D eigenvalue weighted by Crippen LogP contribution is 2.32. The third-order valence-electron chi connectivity index (χ3n) is 4.26. The summed E-state index contributed by atoms with van der Waals surface area (Å²) in [5, 5.41) is 14.4. The molecule has 0 heterocycles. The van der Waals surface area contributed by atoms with Crippen molar-refractivity contribution in [2.75, 3.05) is 11.9 Å². The number of anilines is 1. The molecular weight excluding hydrogens is 240 g/mol. The number of nitrogens with zero attached hydrogens (tertiary/aromatic N) is 1. The quantitative estimate of drug-likeness (QED) is 0.655. The van der Waals surface area contributed by atoms with E-state index in [2.05, 4.69) is 12.2 Å². The minimum atomic E-state index is -0.290. The van der Waals surface area contributed by atoms with E-state index in [1.54, 1.807) is 19.1 Å². The molecule has 0 amide bonds. The van der Waals surface area contributed by atoms with Crippen LogP contribution in [0.3, 0.4) is 0 Å². The summed E-state index contributed by atoms with van der Waals surface area (Å²) in [7, 11) is 0. The number of nitro groups is 1. The lowest BCUT2D eigenvalue weighted by molar-refractivity contribution is -0.384. The zero-order valence-corrected chi connectivity index (χ0v) is 11.7. The van der Waals surface area contributed by atoms with Gasteiger partial charge in [0.25, 0.3) is 5.69 Å². The van der Waals surface area contributed by atoms with Crippen LogP contribution < -0.4 is 5.32 Å². The predicted octanol–water partition coefficient (Wildman–Crippen LogP) is 4.14. The van der Waals surface area contributed by atoms with Gasteiger partial charge in [-0.15, -0.1) is 0 Å². The number of aryl methyl sites for hydroxylation is 1. The molecule has 2 rings (SSSR count). The lowest BCUT2D eigenvalue weighted by Crippen LogP contribution is -2.24. The molecule has 0 radical (unpaired) electrons. The fourth-order valence-electron chi connectivity index (χ4n) is 2.98. The number of hydrogen-bond donors (Lipinski definition) is 1. The van der Waals surface area contributed by atoms with Gasteiger partial charge in [0.05, 0.1) is 4.92 Å². The number of para-hydroxylation sites is 1.